The Kier molecular flexibility index (Phi) is 12.2. The largest absolute Gasteiger partial charge is 0.457 e. The summed E-state index contributed by atoms with van der Waals surface area (Å²) >= 11 is 0. The Morgan fingerprint density at radius 2 is 0.667 bits per heavy atom. The van der Waals surface area contributed by atoms with Crippen LogP contribution in [0.2, 0.25) is 0 Å². The predicted molar refractivity (Wildman–Crippen MR) is 279 cm³/mol. The van der Waals surface area contributed by atoms with Crippen LogP contribution in [0.5, 0.6) is 23.0 Å². The summed E-state index contributed by atoms with van der Waals surface area (Å²) in [5, 5.41) is 0. The zero-order valence-electron chi connectivity index (χ0n) is 39.6. The maximum Gasteiger partial charge on any atom is 0.130 e. The van der Waals surface area contributed by atoms with Crippen molar-refractivity contribution >= 4 is 17.1 Å². The van der Waals surface area contributed by atoms with Crippen LogP contribution in [-0.4, -0.2) is 0 Å². The van der Waals surface area contributed by atoms with Gasteiger partial charge in [-0.05, 0) is 201 Å². The average Bonchev–Trinajstić information content (AvgIpc) is 3.27. The second-order valence-corrected chi connectivity index (χ2v) is 18.0. The first-order chi connectivity index (χ1) is 31.9. The molecule has 0 saturated carbocycles. The van der Waals surface area contributed by atoms with E-state index in [1.54, 1.807) is 0 Å². The topological polar surface area (TPSA) is 21.7 Å². The molecule has 326 valence electrons. The Bertz CT molecular complexity index is 3010. The molecule has 0 aliphatic rings. The lowest BCUT2D eigenvalue weighted by Crippen LogP contribution is -2.11. The van der Waals surface area contributed by atoms with Crippen LogP contribution in [0.3, 0.4) is 0 Å². The summed E-state index contributed by atoms with van der Waals surface area (Å²) in [5.74, 6) is 3.03. The molecule has 0 unspecified atom stereocenters. The van der Waals surface area contributed by atoms with E-state index in [2.05, 4.69) is 237 Å². The SMILES string of the molecule is Cc1ccc(N(c2cc(Oc3cccc(-c4ccccc4C)c3)cc(-c3c(C)cc(C)cc3C)c2)c2cc(Oc3cccc(-c4ccccc4C)c3)cc(-c3c(C)cc(C)cc3C)c2)cc1. The molecule has 0 spiro atoms. The fourth-order valence-corrected chi connectivity index (χ4v) is 9.76. The van der Waals surface area contributed by atoms with Crippen molar-refractivity contribution in [2.24, 2.45) is 0 Å². The molecular weight excluding hydrogens is 803 g/mol. The number of aryl methyl sites for hydroxylation is 9. The minimum atomic E-state index is 0.742. The Morgan fingerprint density at radius 1 is 0.273 bits per heavy atom. The molecule has 0 aliphatic heterocycles. The molecular formula is C63H57NO2. The maximum absolute atomic E-state index is 6.97. The summed E-state index contributed by atoms with van der Waals surface area (Å²) in [4.78, 5) is 2.34. The highest BCUT2D eigenvalue weighted by atomic mass is 16.5. The maximum atomic E-state index is 6.97. The summed E-state index contributed by atoms with van der Waals surface area (Å²) in [5.41, 5.74) is 23.1. The van der Waals surface area contributed by atoms with Crippen LogP contribution in [0.1, 0.15) is 50.1 Å². The fraction of sp³-hybridized carbons (Fsp3) is 0.143. The summed E-state index contributed by atoms with van der Waals surface area (Å²) in [7, 11) is 0. The first kappa shape index (κ1) is 43.6. The molecule has 0 N–H and O–H groups in total. The van der Waals surface area contributed by atoms with Gasteiger partial charge in [0.2, 0.25) is 0 Å². The number of anilines is 3. The number of hydrogen-bond donors (Lipinski definition) is 0. The van der Waals surface area contributed by atoms with E-state index in [9.17, 15) is 0 Å². The molecule has 0 atom stereocenters. The van der Waals surface area contributed by atoms with Gasteiger partial charge in [-0.1, -0.05) is 126 Å². The van der Waals surface area contributed by atoms with E-state index in [0.717, 1.165) is 62.3 Å². The minimum absolute atomic E-state index is 0.742. The minimum Gasteiger partial charge on any atom is -0.457 e. The van der Waals surface area contributed by atoms with E-state index in [1.165, 1.54) is 72.3 Å². The second kappa shape index (κ2) is 18.5. The third-order valence-corrected chi connectivity index (χ3v) is 12.6. The van der Waals surface area contributed by atoms with E-state index >= 15 is 0 Å². The first-order valence-corrected chi connectivity index (χ1v) is 22.9. The molecule has 3 heteroatoms. The normalized spacial score (nSPS) is 11.1. The standard InChI is InChI=1S/C63H57NO2/c1-40-24-26-53(27-25-40)64(54-32-51(62-45(6)28-41(2)29-46(62)7)36-58(38-54)65-56-20-14-18-49(34-56)60-22-12-10-16-43(60)4)55-33-52(63-47(8)30-42(3)31-48(63)9)37-59(39-55)66-57-21-15-19-50(35-57)61-23-13-11-17-44(61)5/h10-39H,1-9H3. The monoisotopic (exact) mass is 859 g/mol. The molecule has 66 heavy (non-hydrogen) atoms. The molecule has 0 bridgehead atoms. The molecule has 0 aromatic heterocycles. The fourth-order valence-electron chi connectivity index (χ4n) is 9.76. The molecule has 0 heterocycles. The smallest absolute Gasteiger partial charge is 0.130 e. The molecule has 0 amide bonds. The van der Waals surface area contributed by atoms with Crippen LogP contribution in [0, 0.1) is 62.3 Å². The van der Waals surface area contributed by atoms with Gasteiger partial charge in [-0.2, -0.15) is 0 Å². The molecule has 3 nitrogen and oxygen atoms in total. The molecule has 9 aromatic rings. The van der Waals surface area contributed by atoms with Crippen molar-refractivity contribution in [3.8, 4) is 67.5 Å². The van der Waals surface area contributed by atoms with Gasteiger partial charge in [0.05, 0.1) is 11.4 Å². The van der Waals surface area contributed by atoms with Crippen LogP contribution in [0.4, 0.5) is 17.1 Å². The lowest BCUT2D eigenvalue weighted by atomic mass is 9.92. The average molecular weight is 860 g/mol. The van der Waals surface area contributed by atoms with Gasteiger partial charge in [0, 0.05) is 17.8 Å². The van der Waals surface area contributed by atoms with Crippen molar-refractivity contribution in [1.82, 2.24) is 0 Å². The van der Waals surface area contributed by atoms with E-state index in [0.29, 0.717) is 0 Å². The first-order valence-electron chi connectivity index (χ1n) is 22.9. The van der Waals surface area contributed by atoms with Crippen molar-refractivity contribution in [2.45, 2.75) is 62.3 Å². The van der Waals surface area contributed by atoms with Crippen molar-refractivity contribution in [1.29, 1.82) is 0 Å². The highest BCUT2D eigenvalue weighted by Crippen LogP contribution is 2.45. The Balaban J connectivity index is 1.25. The number of hydrogen-bond acceptors (Lipinski definition) is 3. The number of benzene rings is 9. The summed E-state index contributed by atoms with van der Waals surface area (Å²) in [6.45, 7) is 19.6. The Labute approximate surface area is 391 Å². The molecule has 0 radical (unpaired) electrons. The lowest BCUT2D eigenvalue weighted by Gasteiger charge is -2.28. The molecule has 0 aliphatic carbocycles. The third-order valence-electron chi connectivity index (χ3n) is 12.6. The molecule has 9 aromatic carbocycles. The molecule has 0 fully saturated rings. The van der Waals surface area contributed by atoms with Crippen molar-refractivity contribution < 1.29 is 9.47 Å². The van der Waals surface area contributed by atoms with E-state index in [4.69, 9.17) is 9.47 Å². The predicted octanol–water partition coefficient (Wildman–Crippen LogP) is 18.2. The Hall–Kier alpha value is -7.62. The van der Waals surface area contributed by atoms with E-state index < -0.39 is 0 Å². The van der Waals surface area contributed by atoms with Crippen LogP contribution in [-0.2, 0) is 0 Å². The van der Waals surface area contributed by atoms with Gasteiger partial charge in [-0.25, -0.2) is 0 Å². The number of ether oxygens (including phenoxy) is 2. The summed E-state index contributed by atoms with van der Waals surface area (Å²) < 4.78 is 13.9. The van der Waals surface area contributed by atoms with Crippen LogP contribution in [0.15, 0.2) is 182 Å². The third kappa shape index (κ3) is 9.30. The van der Waals surface area contributed by atoms with Gasteiger partial charge in [0.25, 0.3) is 0 Å². The van der Waals surface area contributed by atoms with Crippen molar-refractivity contribution in [2.75, 3.05) is 4.90 Å². The van der Waals surface area contributed by atoms with Gasteiger partial charge in [-0.15, -0.1) is 0 Å². The van der Waals surface area contributed by atoms with E-state index in [1.807, 2.05) is 12.1 Å². The molecule has 9 rings (SSSR count). The van der Waals surface area contributed by atoms with Crippen LogP contribution >= 0.6 is 0 Å². The van der Waals surface area contributed by atoms with Crippen molar-refractivity contribution in [3.05, 3.63) is 232 Å². The van der Waals surface area contributed by atoms with Crippen LogP contribution in [0.25, 0.3) is 44.5 Å². The number of nitrogens with zero attached hydrogens (tertiary/aromatic N) is 1. The van der Waals surface area contributed by atoms with Gasteiger partial charge >= 0.3 is 0 Å². The highest BCUT2D eigenvalue weighted by Gasteiger charge is 2.21. The zero-order chi connectivity index (χ0) is 46.1. The quantitative estimate of drug-likeness (QED) is 0.129. The van der Waals surface area contributed by atoms with Gasteiger partial charge < -0.3 is 14.4 Å². The zero-order valence-corrected chi connectivity index (χ0v) is 39.6. The van der Waals surface area contributed by atoms with E-state index in [-0.39, 0.29) is 0 Å². The van der Waals surface area contributed by atoms with Crippen molar-refractivity contribution in [3.63, 3.8) is 0 Å². The van der Waals surface area contributed by atoms with Gasteiger partial charge in [0.1, 0.15) is 23.0 Å². The summed E-state index contributed by atoms with van der Waals surface area (Å²) in [6, 6.07) is 65.0. The highest BCUT2D eigenvalue weighted by molar-refractivity contribution is 5.86. The lowest BCUT2D eigenvalue weighted by molar-refractivity contribution is 0.483. The second-order valence-electron chi connectivity index (χ2n) is 18.0. The number of rotatable bonds is 11. The van der Waals surface area contributed by atoms with Gasteiger partial charge in [-0.3, -0.25) is 0 Å². The Morgan fingerprint density at radius 3 is 1.08 bits per heavy atom. The molecule has 0 saturated heterocycles. The summed E-state index contributed by atoms with van der Waals surface area (Å²) in [6.07, 6.45) is 0. The van der Waals surface area contributed by atoms with Crippen LogP contribution < -0.4 is 14.4 Å². The van der Waals surface area contributed by atoms with Gasteiger partial charge in [0.15, 0.2) is 0 Å².